The summed E-state index contributed by atoms with van der Waals surface area (Å²) in [6.45, 7) is 11.3. The van der Waals surface area contributed by atoms with E-state index in [0.29, 0.717) is 12.5 Å². The van der Waals surface area contributed by atoms with Crippen molar-refractivity contribution in [2.75, 3.05) is 19.6 Å². The van der Waals surface area contributed by atoms with Crippen molar-refractivity contribution in [1.29, 1.82) is 0 Å². The van der Waals surface area contributed by atoms with Gasteiger partial charge in [-0.1, -0.05) is 13.8 Å². The van der Waals surface area contributed by atoms with Crippen molar-refractivity contribution in [3.63, 3.8) is 0 Å². The standard InChI is InChI=1S/C15H30N2O/c1-5-17(6-2)15(18)9-10-16-14-8-7-12(3)13(4)11-14/h12-14,16H,5-11H2,1-4H3. The smallest absolute Gasteiger partial charge is 0.223 e. The van der Waals surface area contributed by atoms with Gasteiger partial charge in [-0.25, -0.2) is 0 Å². The molecule has 1 aliphatic rings. The van der Waals surface area contributed by atoms with Crippen molar-refractivity contribution in [3.05, 3.63) is 0 Å². The van der Waals surface area contributed by atoms with Crippen LogP contribution in [0.25, 0.3) is 0 Å². The van der Waals surface area contributed by atoms with E-state index in [1.807, 2.05) is 18.7 Å². The van der Waals surface area contributed by atoms with E-state index in [4.69, 9.17) is 0 Å². The molecule has 1 amide bonds. The van der Waals surface area contributed by atoms with Gasteiger partial charge < -0.3 is 10.2 Å². The van der Waals surface area contributed by atoms with Gasteiger partial charge in [0.1, 0.15) is 0 Å². The summed E-state index contributed by atoms with van der Waals surface area (Å²) in [5.74, 6) is 1.96. The Morgan fingerprint density at radius 3 is 2.39 bits per heavy atom. The van der Waals surface area contributed by atoms with Gasteiger partial charge in [0, 0.05) is 32.1 Å². The summed E-state index contributed by atoms with van der Waals surface area (Å²) >= 11 is 0. The Morgan fingerprint density at radius 2 is 1.83 bits per heavy atom. The highest BCUT2D eigenvalue weighted by atomic mass is 16.2. The van der Waals surface area contributed by atoms with Gasteiger partial charge in [0.15, 0.2) is 0 Å². The van der Waals surface area contributed by atoms with Crippen LogP contribution in [0.4, 0.5) is 0 Å². The third-order valence-electron chi connectivity index (χ3n) is 4.49. The molecule has 3 unspecified atom stereocenters. The Bertz CT molecular complexity index is 251. The van der Waals surface area contributed by atoms with Crippen molar-refractivity contribution in [3.8, 4) is 0 Å². The topological polar surface area (TPSA) is 32.3 Å². The van der Waals surface area contributed by atoms with Crippen LogP contribution in [0, 0.1) is 11.8 Å². The average Bonchev–Trinajstić information content (AvgIpc) is 2.35. The first-order valence-electron chi connectivity index (χ1n) is 7.59. The van der Waals surface area contributed by atoms with E-state index in [2.05, 4.69) is 19.2 Å². The summed E-state index contributed by atoms with van der Waals surface area (Å²) in [5.41, 5.74) is 0. The highest BCUT2D eigenvalue weighted by molar-refractivity contribution is 5.76. The average molecular weight is 254 g/mol. The van der Waals surface area contributed by atoms with Crippen molar-refractivity contribution in [2.45, 2.75) is 59.4 Å². The highest BCUT2D eigenvalue weighted by Gasteiger charge is 2.24. The molecule has 0 spiro atoms. The van der Waals surface area contributed by atoms with Gasteiger partial charge in [-0.3, -0.25) is 4.79 Å². The fraction of sp³-hybridized carbons (Fsp3) is 0.933. The summed E-state index contributed by atoms with van der Waals surface area (Å²) in [6, 6.07) is 0.626. The van der Waals surface area contributed by atoms with E-state index in [9.17, 15) is 4.79 Å². The van der Waals surface area contributed by atoms with Crippen LogP contribution >= 0.6 is 0 Å². The second-order valence-electron chi connectivity index (χ2n) is 5.73. The third-order valence-corrected chi connectivity index (χ3v) is 4.49. The van der Waals surface area contributed by atoms with Crippen LogP contribution in [-0.4, -0.2) is 36.5 Å². The van der Waals surface area contributed by atoms with Gasteiger partial charge in [-0.2, -0.15) is 0 Å². The molecule has 0 bridgehead atoms. The SMILES string of the molecule is CCN(CC)C(=O)CCNC1CCC(C)C(C)C1. The molecule has 1 N–H and O–H groups in total. The quantitative estimate of drug-likeness (QED) is 0.790. The molecule has 1 aliphatic carbocycles. The minimum Gasteiger partial charge on any atom is -0.343 e. The Morgan fingerprint density at radius 1 is 1.17 bits per heavy atom. The van der Waals surface area contributed by atoms with E-state index < -0.39 is 0 Å². The summed E-state index contributed by atoms with van der Waals surface area (Å²) in [6.07, 6.45) is 4.50. The predicted octanol–water partition coefficient (Wildman–Crippen LogP) is 2.66. The lowest BCUT2D eigenvalue weighted by molar-refractivity contribution is -0.130. The second kappa shape index (κ2) is 7.78. The fourth-order valence-electron chi connectivity index (χ4n) is 2.85. The van der Waals surface area contributed by atoms with Gasteiger partial charge in [0.2, 0.25) is 5.91 Å². The van der Waals surface area contributed by atoms with Crippen LogP contribution in [0.1, 0.15) is 53.4 Å². The zero-order valence-corrected chi connectivity index (χ0v) is 12.5. The number of nitrogens with one attached hydrogen (secondary N) is 1. The Balaban J connectivity index is 2.20. The molecular weight excluding hydrogens is 224 g/mol. The lowest BCUT2D eigenvalue weighted by atomic mass is 9.79. The van der Waals surface area contributed by atoms with Crippen molar-refractivity contribution in [1.82, 2.24) is 10.2 Å². The van der Waals surface area contributed by atoms with Crippen LogP contribution in [0.5, 0.6) is 0 Å². The van der Waals surface area contributed by atoms with Crippen molar-refractivity contribution < 1.29 is 4.79 Å². The third kappa shape index (κ3) is 4.60. The number of hydrogen-bond donors (Lipinski definition) is 1. The van der Waals surface area contributed by atoms with Crippen LogP contribution in [-0.2, 0) is 4.79 Å². The maximum Gasteiger partial charge on any atom is 0.223 e. The molecule has 0 aromatic heterocycles. The number of nitrogens with zero attached hydrogens (tertiary/aromatic N) is 1. The van der Waals surface area contributed by atoms with Gasteiger partial charge in [-0.05, 0) is 44.9 Å². The minimum absolute atomic E-state index is 0.282. The molecule has 3 heteroatoms. The molecule has 1 fully saturated rings. The summed E-state index contributed by atoms with van der Waals surface area (Å²) in [5, 5.41) is 3.56. The van der Waals surface area contributed by atoms with Crippen molar-refractivity contribution >= 4 is 5.91 Å². The molecule has 0 saturated heterocycles. The Hall–Kier alpha value is -0.570. The monoisotopic (exact) mass is 254 g/mol. The Labute approximate surface area is 112 Å². The molecule has 1 rings (SSSR count). The number of amides is 1. The van der Waals surface area contributed by atoms with Gasteiger partial charge in [-0.15, -0.1) is 0 Å². The van der Waals surface area contributed by atoms with E-state index in [1.165, 1.54) is 19.3 Å². The second-order valence-corrected chi connectivity index (χ2v) is 5.73. The minimum atomic E-state index is 0.282. The van der Waals surface area contributed by atoms with Gasteiger partial charge in [0.05, 0.1) is 0 Å². The number of carbonyl (C=O) groups is 1. The molecule has 3 atom stereocenters. The van der Waals surface area contributed by atoms with E-state index in [1.54, 1.807) is 0 Å². The molecule has 106 valence electrons. The van der Waals surface area contributed by atoms with E-state index in [0.717, 1.165) is 31.5 Å². The number of hydrogen-bond acceptors (Lipinski definition) is 2. The first-order chi connectivity index (χ1) is 8.58. The molecule has 0 heterocycles. The zero-order valence-electron chi connectivity index (χ0n) is 12.5. The molecule has 0 aromatic rings. The summed E-state index contributed by atoms with van der Waals surface area (Å²) in [7, 11) is 0. The first kappa shape index (κ1) is 15.5. The predicted molar refractivity (Wildman–Crippen MR) is 76.5 cm³/mol. The summed E-state index contributed by atoms with van der Waals surface area (Å²) in [4.78, 5) is 13.8. The highest BCUT2D eigenvalue weighted by Crippen LogP contribution is 2.29. The summed E-state index contributed by atoms with van der Waals surface area (Å²) < 4.78 is 0. The van der Waals surface area contributed by atoms with E-state index >= 15 is 0 Å². The fourth-order valence-corrected chi connectivity index (χ4v) is 2.85. The zero-order chi connectivity index (χ0) is 13.5. The maximum absolute atomic E-state index is 11.8. The Kier molecular flexibility index (Phi) is 6.69. The lowest BCUT2D eigenvalue weighted by Crippen LogP contribution is -2.39. The van der Waals surface area contributed by atoms with Crippen LogP contribution < -0.4 is 5.32 Å². The van der Waals surface area contributed by atoms with E-state index in [-0.39, 0.29) is 5.91 Å². The molecule has 0 radical (unpaired) electrons. The molecule has 1 saturated carbocycles. The largest absolute Gasteiger partial charge is 0.343 e. The maximum atomic E-state index is 11.8. The van der Waals surface area contributed by atoms with Crippen LogP contribution in [0.15, 0.2) is 0 Å². The normalized spacial score (nSPS) is 28.1. The van der Waals surface area contributed by atoms with Crippen LogP contribution in [0.3, 0.4) is 0 Å². The first-order valence-corrected chi connectivity index (χ1v) is 7.59. The number of carbonyl (C=O) groups excluding carboxylic acids is 1. The molecule has 0 aliphatic heterocycles. The molecule has 3 nitrogen and oxygen atoms in total. The molecule has 0 aromatic carbocycles. The van der Waals surface area contributed by atoms with Gasteiger partial charge in [0.25, 0.3) is 0 Å². The van der Waals surface area contributed by atoms with Crippen molar-refractivity contribution in [2.24, 2.45) is 11.8 Å². The molecular formula is C15H30N2O. The lowest BCUT2D eigenvalue weighted by Gasteiger charge is -2.32. The van der Waals surface area contributed by atoms with Gasteiger partial charge >= 0.3 is 0 Å². The number of rotatable bonds is 6. The van der Waals surface area contributed by atoms with Crippen LogP contribution in [0.2, 0.25) is 0 Å². The molecule has 18 heavy (non-hydrogen) atoms.